The molecule has 0 spiro atoms. The van der Waals surface area contributed by atoms with E-state index in [1.54, 1.807) is 0 Å². The van der Waals surface area contributed by atoms with Crippen molar-refractivity contribution in [3.05, 3.63) is 125 Å². The number of carbonyl (C=O) groups is 1. The maximum atomic E-state index is 11.0. The first-order valence-electron chi connectivity index (χ1n) is 11.3. The molecule has 0 saturated heterocycles. The number of aldehydes is 1. The molecule has 6 rings (SSSR count). The van der Waals surface area contributed by atoms with Gasteiger partial charge in [0.1, 0.15) is 17.8 Å². The van der Waals surface area contributed by atoms with Crippen LogP contribution in [0.25, 0.3) is 38.6 Å². The van der Waals surface area contributed by atoms with Gasteiger partial charge in [0.05, 0.1) is 11.0 Å². The molecule has 1 heterocycles. The van der Waals surface area contributed by atoms with Gasteiger partial charge in [-0.25, -0.2) is 0 Å². The molecular weight excluding hydrogens is 498 g/mol. The van der Waals surface area contributed by atoms with Crippen molar-refractivity contribution in [1.29, 1.82) is 0 Å². The number of aromatic nitrogens is 1. The molecule has 0 aliphatic rings. The SMILES string of the molecule is O=Cc1ccc(-c2ccc3c(c2)c2cc(Br)ccc2n3-c2ccc(Oc3ccccc3)cc2)cc1. The van der Waals surface area contributed by atoms with Crippen LogP contribution < -0.4 is 4.74 Å². The first kappa shape index (κ1) is 21.4. The molecule has 35 heavy (non-hydrogen) atoms. The van der Waals surface area contributed by atoms with Crippen LogP contribution in [0.5, 0.6) is 11.5 Å². The normalized spacial score (nSPS) is 11.1. The van der Waals surface area contributed by atoms with Crippen LogP contribution in [0.2, 0.25) is 0 Å². The number of rotatable bonds is 5. The molecule has 1 aromatic heterocycles. The Bertz CT molecular complexity index is 1670. The molecule has 0 bridgehead atoms. The van der Waals surface area contributed by atoms with E-state index in [-0.39, 0.29) is 0 Å². The van der Waals surface area contributed by atoms with E-state index >= 15 is 0 Å². The summed E-state index contributed by atoms with van der Waals surface area (Å²) in [4.78, 5) is 11.0. The van der Waals surface area contributed by atoms with Crippen molar-refractivity contribution < 1.29 is 9.53 Å². The molecule has 0 atom stereocenters. The van der Waals surface area contributed by atoms with Crippen molar-refractivity contribution in [2.45, 2.75) is 0 Å². The molecule has 0 N–H and O–H groups in total. The molecule has 0 aliphatic carbocycles. The van der Waals surface area contributed by atoms with Gasteiger partial charge in [0.2, 0.25) is 0 Å². The Hall–Kier alpha value is -4.15. The summed E-state index contributed by atoms with van der Waals surface area (Å²) >= 11 is 3.65. The van der Waals surface area contributed by atoms with Crippen LogP contribution in [0.15, 0.2) is 120 Å². The smallest absolute Gasteiger partial charge is 0.150 e. The average Bonchev–Trinajstić information content (AvgIpc) is 3.22. The number of fused-ring (bicyclic) bond motifs is 3. The Labute approximate surface area is 211 Å². The first-order chi connectivity index (χ1) is 17.2. The molecular formula is C31H20BrNO2. The summed E-state index contributed by atoms with van der Waals surface area (Å²) in [6.45, 7) is 0. The Balaban J connectivity index is 1.47. The Morgan fingerprint density at radius 1 is 0.629 bits per heavy atom. The van der Waals surface area contributed by atoms with Crippen molar-refractivity contribution in [2.75, 3.05) is 0 Å². The van der Waals surface area contributed by atoms with E-state index in [0.717, 1.165) is 50.1 Å². The lowest BCUT2D eigenvalue weighted by Crippen LogP contribution is -1.94. The van der Waals surface area contributed by atoms with Gasteiger partial charge in [-0.05, 0) is 77.9 Å². The van der Waals surface area contributed by atoms with E-state index in [0.29, 0.717) is 5.56 Å². The zero-order chi connectivity index (χ0) is 23.8. The van der Waals surface area contributed by atoms with E-state index in [2.05, 4.69) is 69.0 Å². The van der Waals surface area contributed by atoms with Gasteiger partial charge in [-0.3, -0.25) is 4.79 Å². The minimum absolute atomic E-state index is 0.676. The highest BCUT2D eigenvalue weighted by Gasteiger charge is 2.14. The molecule has 5 aromatic carbocycles. The molecule has 0 unspecified atom stereocenters. The van der Waals surface area contributed by atoms with Crippen molar-refractivity contribution in [1.82, 2.24) is 4.57 Å². The van der Waals surface area contributed by atoms with Gasteiger partial charge in [-0.2, -0.15) is 0 Å². The monoisotopic (exact) mass is 517 g/mol. The predicted molar refractivity (Wildman–Crippen MR) is 146 cm³/mol. The zero-order valence-corrected chi connectivity index (χ0v) is 20.3. The molecule has 4 heteroatoms. The highest BCUT2D eigenvalue weighted by molar-refractivity contribution is 9.10. The number of nitrogens with zero attached hydrogens (tertiary/aromatic N) is 1. The Kier molecular flexibility index (Phi) is 5.44. The zero-order valence-electron chi connectivity index (χ0n) is 18.7. The Morgan fingerprint density at radius 2 is 1.26 bits per heavy atom. The third-order valence-corrected chi connectivity index (χ3v) is 6.67. The maximum Gasteiger partial charge on any atom is 0.150 e. The lowest BCUT2D eigenvalue weighted by atomic mass is 10.0. The van der Waals surface area contributed by atoms with Crippen LogP contribution in [0.4, 0.5) is 0 Å². The van der Waals surface area contributed by atoms with Crippen LogP contribution >= 0.6 is 15.9 Å². The molecule has 6 aromatic rings. The van der Waals surface area contributed by atoms with Gasteiger partial charge in [0.25, 0.3) is 0 Å². The molecule has 0 aliphatic heterocycles. The minimum Gasteiger partial charge on any atom is -0.457 e. The number of ether oxygens (including phenoxy) is 1. The molecule has 168 valence electrons. The Morgan fingerprint density at radius 3 is 1.97 bits per heavy atom. The van der Waals surface area contributed by atoms with Crippen LogP contribution in [0.1, 0.15) is 10.4 Å². The highest BCUT2D eigenvalue weighted by Crippen LogP contribution is 2.36. The first-order valence-corrected chi connectivity index (χ1v) is 12.1. The molecule has 0 saturated carbocycles. The van der Waals surface area contributed by atoms with Crippen molar-refractivity contribution in [3.63, 3.8) is 0 Å². The van der Waals surface area contributed by atoms with Gasteiger partial charge >= 0.3 is 0 Å². The molecule has 3 nitrogen and oxygen atoms in total. The number of halogens is 1. The number of hydrogen-bond donors (Lipinski definition) is 0. The lowest BCUT2D eigenvalue weighted by Gasteiger charge is -2.10. The third-order valence-electron chi connectivity index (χ3n) is 6.18. The topological polar surface area (TPSA) is 31.2 Å². The van der Waals surface area contributed by atoms with Gasteiger partial charge in [-0.1, -0.05) is 64.5 Å². The van der Waals surface area contributed by atoms with Crippen LogP contribution in [-0.2, 0) is 0 Å². The number of para-hydroxylation sites is 1. The van der Waals surface area contributed by atoms with E-state index < -0.39 is 0 Å². The van der Waals surface area contributed by atoms with E-state index in [1.165, 1.54) is 10.8 Å². The largest absolute Gasteiger partial charge is 0.457 e. The number of carbonyl (C=O) groups excluding carboxylic acids is 1. The summed E-state index contributed by atoms with van der Waals surface area (Å²) < 4.78 is 9.30. The van der Waals surface area contributed by atoms with Crippen LogP contribution in [0, 0.1) is 0 Å². The van der Waals surface area contributed by atoms with Crippen LogP contribution in [-0.4, -0.2) is 10.9 Å². The second-order valence-electron chi connectivity index (χ2n) is 8.38. The standard InChI is InChI=1S/C31H20BrNO2/c32-24-11-17-31-29(19-24)28-18-23(22-8-6-21(20-34)7-9-22)10-16-30(28)33(31)25-12-14-27(15-13-25)35-26-4-2-1-3-5-26/h1-20H. The fraction of sp³-hybridized carbons (Fsp3) is 0. The number of benzene rings is 5. The quantitative estimate of drug-likeness (QED) is 0.214. The lowest BCUT2D eigenvalue weighted by molar-refractivity contribution is 0.112. The van der Waals surface area contributed by atoms with Gasteiger partial charge in [-0.15, -0.1) is 0 Å². The van der Waals surface area contributed by atoms with Crippen LogP contribution in [0.3, 0.4) is 0 Å². The summed E-state index contributed by atoms with van der Waals surface area (Å²) in [6.07, 6.45) is 0.869. The molecule has 0 radical (unpaired) electrons. The minimum atomic E-state index is 0.676. The van der Waals surface area contributed by atoms with Gasteiger partial charge in [0, 0.05) is 26.5 Å². The van der Waals surface area contributed by atoms with E-state index in [1.807, 2.05) is 66.7 Å². The average molecular weight is 518 g/mol. The summed E-state index contributed by atoms with van der Waals surface area (Å²) in [5.41, 5.74) is 6.19. The molecule has 0 amide bonds. The van der Waals surface area contributed by atoms with Crippen molar-refractivity contribution >= 4 is 44.0 Å². The predicted octanol–water partition coefficient (Wildman–Crippen LogP) is 8.82. The highest BCUT2D eigenvalue weighted by atomic mass is 79.9. The van der Waals surface area contributed by atoms with E-state index in [9.17, 15) is 4.79 Å². The second-order valence-corrected chi connectivity index (χ2v) is 9.29. The molecule has 0 fully saturated rings. The van der Waals surface area contributed by atoms with E-state index in [4.69, 9.17) is 4.74 Å². The summed E-state index contributed by atoms with van der Waals surface area (Å²) in [6, 6.07) is 38.6. The van der Waals surface area contributed by atoms with Crippen molar-refractivity contribution in [2.24, 2.45) is 0 Å². The summed E-state index contributed by atoms with van der Waals surface area (Å²) in [5, 5.41) is 2.34. The summed E-state index contributed by atoms with van der Waals surface area (Å²) in [5.74, 6) is 1.61. The van der Waals surface area contributed by atoms with Crippen molar-refractivity contribution in [3.8, 4) is 28.3 Å². The maximum absolute atomic E-state index is 11.0. The fourth-order valence-electron chi connectivity index (χ4n) is 4.50. The summed E-state index contributed by atoms with van der Waals surface area (Å²) in [7, 11) is 0. The number of hydrogen-bond acceptors (Lipinski definition) is 2. The second kappa shape index (κ2) is 8.90. The fourth-order valence-corrected chi connectivity index (χ4v) is 4.86. The van der Waals surface area contributed by atoms with Gasteiger partial charge < -0.3 is 9.30 Å². The van der Waals surface area contributed by atoms with Gasteiger partial charge in [0.15, 0.2) is 0 Å². The third kappa shape index (κ3) is 4.02.